The van der Waals surface area contributed by atoms with E-state index in [1.165, 1.54) is 77.0 Å². The number of fused-ring (bicyclic) bond motifs is 4. The summed E-state index contributed by atoms with van der Waals surface area (Å²) in [5.74, 6) is 5.85. The average molecular weight is 387 g/mol. The van der Waals surface area contributed by atoms with Crippen LogP contribution in [0.15, 0.2) is 0 Å². The summed E-state index contributed by atoms with van der Waals surface area (Å²) in [5, 5.41) is 0. The van der Waals surface area contributed by atoms with Gasteiger partial charge < -0.3 is 4.74 Å². The quantitative estimate of drug-likeness (QED) is 0.430. The Morgan fingerprint density at radius 1 is 1.00 bits per heavy atom. The van der Waals surface area contributed by atoms with Crippen LogP contribution in [0.2, 0.25) is 0 Å². The van der Waals surface area contributed by atoms with Crippen molar-refractivity contribution in [1.29, 1.82) is 0 Å². The molecule has 0 aliphatic heterocycles. The summed E-state index contributed by atoms with van der Waals surface area (Å²) < 4.78 is 6.29. The van der Waals surface area contributed by atoms with E-state index in [-0.39, 0.29) is 0 Å². The second-order valence-corrected chi connectivity index (χ2v) is 12.4. The Morgan fingerprint density at radius 3 is 2.54 bits per heavy atom. The van der Waals surface area contributed by atoms with Crippen LogP contribution in [0.25, 0.3) is 0 Å². The molecule has 5 aliphatic rings. The molecule has 10 atom stereocenters. The molecule has 1 spiro atoms. The highest BCUT2D eigenvalue weighted by atomic mass is 16.5. The van der Waals surface area contributed by atoms with Crippen molar-refractivity contribution in [3.05, 3.63) is 0 Å². The molecule has 0 aromatic heterocycles. The second kappa shape index (κ2) is 6.73. The molecule has 0 amide bonds. The molecule has 0 N–H and O–H groups in total. The Morgan fingerprint density at radius 2 is 1.82 bits per heavy atom. The van der Waals surface area contributed by atoms with E-state index in [2.05, 4.69) is 27.7 Å². The van der Waals surface area contributed by atoms with Crippen molar-refractivity contribution in [3.8, 4) is 0 Å². The molecule has 1 heteroatoms. The molecule has 0 radical (unpaired) electrons. The lowest BCUT2D eigenvalue weighted by Gasteiger charge is -2.61. The summed E-state index contributed by atoms with van der Waals surface area (Å²) in [6.07, 6.45) is 18.2. The Hall–Kier alpha value is -0.0400. The third kappa shape index (κ3) is 2.41. The third-order valence-electron chi connectivity index (χ3n) is 11.9. The molecular weight excluding hydrogens is 340 g/mol. The molecule has 28 heavy (non-hydrogen) atoms. The van der Waals surface area contributed by atoms with Crippen molar-refractivity contribution >= 4 is 0 Å². The van der Waals surface area contributed by atoms with Crippen LogP contribution in [0.3, 0.4) is 0 Å². The van der Waals surface area contributed by atoms with E-state index < -0.39 is 0 Å². The molecule has 5 saturated carbocycles. The zero-order valence-electron chi connectivity index (χ0n) is 19.4. The smallest absolute Gasteiger partial charge is 0.0638 e. The van der Waals surface area contributed by atoms with Crippen LogP contribution in [0, 0.1) is 51.8 Å². The van der Waals surface area contributed by atoms with Crippen molar-refractivity contribution in [3.63, 3.8) is 0 Å². The van der Waals surface area contributed by atoms with Gasteiger partial charge >= 0.3 is 0 Å². The zero-order valence-corrected chi connectivity index (χ0v) is 19.4. The van der Waals surface area contributed by atoms with Gasteiger partial charge in [-0.1, -0.05) is 53.4 Å². The first-order chi connectivity index (χ1) is 13.4. The van der Waals surface area contributed by atoms with E-state index in [0.29, 0.717) is 22.3 Å². The molecule has 0 aromatic carbocycles. The van der Waals surface area contributed by atoms with Gasteiger partial charge in [0.15, 0.2) is 0 Å². The van der Waals surface area contributed by atoms with Gasteiger partial charge in [-0.15, -0.1) is 0 Å². The first kappa shape index (κ1) is 19.9. The highest BCUT2D eigenvalue weighted by Gasteiger charge is 2.77. The summed E-state index contributed by atoms with van der Waals surface area (Å²) in [5.41, 5.74) is 1.79. The van der Waals surface area contributed by atoms with E-state index in [4.69, 9.17) is 4.74 Å². The first-order valence-electron chi connectivity index (χ1n) is 12.9. The maximum atomic E-state index is 6.29. The van der Waals surface area contributed by atoms with Crippen LogP contribution in [-0.2, 0) is 4.74 Å². The van der Waals surface area contributed by atoms with Crippen LogP contribution in [0.1, 0.15) is 105 Å². The highest BCUT2D eigenvalue weighted by Crippen LogP contribution is 2.82. The molecule has 0 bridgehead atoms. The second-order valence-electron chi connectivity index (χ2n) is 12.4. The van der Waals surface area contributed by atoms with E-state index in [0.717, 1.165) is 35.5 Å². The molecular formula is C27H46O. The fourth-order valence-corrected chi connectivity index (χ4v) is 10.5. The molecule has 160 valence electrons. The van der Waals surface area contributed by atoms with Crippen LogP contribution in [0.4, 0.5) is 0 Å². The Labute approximate surface area is 174 Å². The largest absolute Gasteiger partial charge is 0.381 e. The summed E-state index contributed by atoms with van der Waals surface area (Å²) in [4.78, 5) is 0. The van der Waals surface area contributed by atoms with Gasteiger partial charge in [0, 0.05) is 12.5 Å². The average Bonchev–Trinajstić information content (AvgIpc) is 3.18. The van der Waals surface area contributed by atoms with Crippen molar-refractivity contribution in [2.24, 2.45) is 51.8 Å². The van der Waals surface area contributed by atoms with Gasteiger partial charge in [0.2, 0.25) is 0 Å². The number of unbranched alkanes of at least 4 members (excludes halogenated alkanes) is 2. The fourth-order valence-electron chi connectivity index (χ4n) is 10.5. The normalized spacial score (nSPS) is 55.2. The van der Waals surface area contributed by atoms with E-state index in [1.807, 2.05) is 7.11 Å². The molecule has 0 aromatic rings. The van der Waals surface area contributed by atoms with Crippen molar-refractivity contribution < 1.29 is 4.74 Å². The predicted octanol–water partition coefficient (Wildman–Crippen LogP) is 7.49. The first-order valence-corrected chi connectivity index (χ1v) is 12.9. The molecule has 0 saturated heterocycles. The predicted molar refractivity (Wildman–Crippen MR) is 117 cm³/mol. The van der Waals surface area contributed by atoms with E-state index in [9.17, 15) is 0 Å². The molecule has 5 fully saturated rings. The van der Waals surface area contributed by atoms with E-state index in [1.54, 1.807) is 0 Å². The minimum atomic E-state index is 0.564. The molecule has 5 rings (SSSR count). The van der Waals surface area contributed by atoms with Gasteiger partial charge in [-0.25, -0.2) is 0 Å². The maximum absolute atomic E-state index is 6.29. The maximum Gasteiger partial charge on any atom is 0.0638 e. The minimum absolute atomic E-state index is 0.564. The lowest BCUT2D eigenvalue weighted by atomic mass is 9.45. The lowest BCUT2D eigenvalue weighted by Crippen LogP contribution is -2.57. The van der Waals surface area contributed by atoms with Gasteiger partial charge in [-0.2, -0.15) is 0 Å². The number of hydrogen-bond acceptors (Lipinski definition) is 1. The number of hydrogen-bond donors (Lipinski definition) is 0. The van der Waals surface area contributed by atoms with Crippen molar-refractivity contribution in [2.75, 3.05) is 7.11 Å². The molecule has 1 nitrogen and oxygen atoms in total. The SMILES string of the molecule is CCCCC[C@@H](C)[C@H]1CC[C@H]2[C@@H]3C[C@@H](OC)[C@]45C[C@@H]4CC[C@]5(C)[C@H]3CC[C@]12C. The van der Waals surface area contributed by atoms with Crippen LogP contribution in [-0.4, -0.2) is 13.2 Å². The van der Waals surface area contributed by atoms with Crippen LogP contribution < -0.4 is 0 Å². The van der Waals surface area contributed by atoms with Crippen LogP contribution in [0.5, 0.6) is 0 Å². The summed E-state index contributed by atoms with van der Waals surface area (Å²) in [6, 6.07) is 0. The zero-order chi connectivity index (χ0) is 19.7. The number of methoxy groups -OCH3 is 1. The molecule has 0 heterocycles. The Bertz CT molecular complexity index is 599. The van der Waals surface area contributed by atoms with Gasteiger partial charge in [-0.3, -0.25) is 0 Å². The van der Waals surface area contributed by atoms with Gasteiger partial charge in [0.05, 0.1) is 6.10 Å². The lowest BCUT2D eigenvalue weighted by molar-refractivity contribution is -0.161. The van der Waals surface area contributed by atoms with Gasteiger partial charge in [0.25, 0.3) is 0 Å². The summed E-state index contributed by atoms with van der Waals surface area (Å²) in [7, 11) is 2.03. The topological polar surface area (TPSA) is 9.23 Å². The Balaban J connectivity index is 1.38. The Kier molecular flexibility index (Phi) is 4.78. The number of ether oxygens (including phenoxy) is 1. The number of rotatable bonds is 6. The van der Waals surface area contributed by atoms with Gasteiger partial charge in [0.1, 0.15) is 0 Å². The highest BCUT2D eigenvalue weighted by molar-refractivity contribution is 5.26. The van der Waals surface area contributed by atoms with Gasteiger partial charge in [-0.05, 0) is 97.7 Å². The summed E-state index contributed by atoms with van der Waals surface area (Å²) in [6.45, 7) is 10.4. The monoisotopic (exact) mass is 386 g/mol. The molecule has 5 aliphatic carbocycles. The summed E-state index contributed by atoms with van der Waals surface area (Å²) >= 11 is 0. The standard InChI is InChI=1S/C27H46O/c1-6-7-8-9-18(2)21-10-11-22-20-16-24(28-5)27-17-19(27)12-15-26(27,4)23(20)13-14-25(21,22)3/h18-24H,6-17H2,1-5H3/t18-,19+,20+,21-,22+,23+,24-,25-,26-,27+/m1/s1. The fraction of sp³-hybridized carbons (Fsp3) is 1.00. The van der Waals surface area contributed by atoms with Crippen molar-refractivity contribution in [1.82, 2.24) is 0 Å². The van der Waals surface area contributed by atoms with Crippen molar-refractivity contribution in [2.45, 2.75) is 111 Å². The third-order valence-corrected chi connectivity index (χ3v) is 11.9. The van der Waals surface area contributed by atoms with E-state index >= 15 is 0 Å². The minimum Gasteiger partial charge on any atom is -0.381 e. The molecule has 0 unspecified atom stereocenters. The van der Waals surface area contributed by atoms with Crippen LogP contribution >= 0.6 is 0 Å².